The van der Waals surface area contributed by atoms with Gasteiger partial charge in [0.05, 0.1) is 12.2 Å². The summed E-state index contributed by atoms with van der Waals surface area (Å²) in [5.74, 6) is 1.37. The third-order valence-corrected chi connectivity index (χ3v) is 12.9. The van der Waals surface area contributed by atoms with Crippen LogP contribution in [0.5, 0.6) is 0 Å². The summed E-state index contributed by atoms with van der Waals surface area (Å²) < 4.78 is 6.09. The highest BCUT2D eigenvalue weighted by atomic mass is 16.5. The SMILES string of the molecule is C=C(C)C1CCC2(C)C1CCC1(C)C2C(O)CC2C3(C)CCC(O)C(=C)C3C(OC(C)=O)CC21C. The summed E-state index contributed by atoms with van der Waals surface area (Å²) in [6, 6.07) is 0. The number of hydrogen-bond donors (Lipinski definition) is 2. The Hall–Kier alpha value is -1.13. The summed E-state index contributed by atoms with van der Waals surface area (Å²) in [5, 5.41) is 22.8. The first-order valence-corrected chi connectivity index (χ1v) is 14.1. The molecule has 0 aromatic carbocycles. The van der Waals surface area contributed by atoms with Crippen molar-refractivity contribution in [1.29, 1.82) is 0 Å². The van der Waals surface area contributed by atoms with Crippen LogP contribution in [-0.4, -0.2) is 34.5 Å². The van der Waals surface area contributed by atoms with E-state index in [4.69, 9.17) is 4.74 Å². The van der Waals surface area contributed by atoms with Crippen molar-refractivity contribution in [2.24, 2.45) is 51.2 Å². The topological polar surface area (TPSA) is 66.8 Å². The fourth-order valence-corrected chi connectivity index (χ4v) is 11.4. The van der Waals surface area contributed by atoms with Crippen molar-refractivity contribution in [3.05, 3.63) is 24.3 Å². The van der Waals surface area contributed by atoms with Crippen molar-refractivity contribution < 1.29 is 19.7 Å². The van der Waals surface area contributed by atoms with Crippen molar-refractivity contribution in [2.75, 3.05) is 0 Å². The molecule has 12 unspecified atom stereocenters. The largest absolute Gasteiger partial charge is 0.462 e. The van der Waals surface area contributed by atoms with E-state index in [2.05, 4.69) is 47.8 Å². The Labute approximate surface area is 212 Å². The van der Waals surface area contributed by atoms with Gasteiger partial charge in [-0.05, 0) is 109 Å². The lowest BCUT2D eigenvalue weighted by Crippen LogP contribution is -2.70. The smallest absolute Gasteiger partial charge is 0.302 e. The van der Waals surface area contributed by atoms with E-state index in [0.717, 1.165) is 37.7 Å². The molecule has 5 aliphatic carbocycles. The predicted octanol–water partition coefficient (Wildman–Crippen LogP) is 6.07. The molecule has 0 amide bonds. The van der Waals surface area contributed by atoms with Crippen LogP contribution in [0.25, 0.3) is 0 Å². The summed E-state index contributed by atoms with van der Waals surface area (Å²) in [6.45, 7) is 22.1. The Balaban J connectivity index is 1.61. The molecule has 5 aliphatic rings. The minimum absolute atomic E-state index is 0.0473. The van der Waals surface area contributed by atoms with Crippen LogP contribution < -0.4 is 0 Å². The molecule has 5 saturated carbocycles. The maximum atomic E-state index is 12.3. The van der Waals surface area contributed by atoms with Crippen LogP contribution in [0.2, 0.25) is 0 Å². The maximum absolute atomic E-state index is 12.3. The molecule has 0 heterocycles. The van der Waals surface area contributed by atoms with Gasteiger partial charge in [-0.15, -0.1) is 0 Å². The van der Waals surface area contributed by atoms with Crippen molar-refractivity contribution in [3.8, 4) is 0 Å². The van der Waals surface area contributed by atoms with E-state index < -0.39 is 6.10 Å². The zero-order valence-electron chi connectivity index (χ0n) is 22.9. The van der Waals surface area contributed by atoms with Gasteiger partial charge < -0.3 is 14.9 Å². The number of carbonyl (C=O) groups is 1. The number of aliphatic hydroxyl groups excluding tert-OH is 2. The molecule has 0 spiro atoms. The molecule has 12 atom stereocenters. The number of ether oxygens (including phenoxy) is 1. The second kappa shape index (κ2) is 7.93. The number of hydrogen-bond acceptors (Lipinski definition) is 4. The van der Waals surface area contributed by atoms with Gasteiger partial charge in [0.1, 0.15) is 6.10 Å². The van der Waals surface area contributed by atoms with E-state index in [-0.39, 0.29) is 51.7 Å². The van der Waals surface area contributed by atoms with Gasteiger partial charge in [0.15, 0.2) is 0 Å². The molecule has 0 aromatic rings. The van der Waals surface area contributed by atoms with Crippen LogP contribution in [0.15, 0.2) is 24.3 Å². The van der Waals surface area contributed by atoms with E-state index in [1.165, 1.54) is 25.3 Å². The van der Waals surface area contributed by atoms with Gasteiger partial charge in [-0.3, -0.25) is 4.79 Å². The van der Waals surface area contributed by atoms with Gasteiger partial charge in [0.2, 0.25) is 0 Å². The van der Waals surface area contributed by atoms with Crippen LogP contribution >= 0.6 is 0 Å². The summed E-state index contributed by atoms with van der Waals surface area (Å²) in [5.41, 5.74) is 1.95. The van der Waals surface area contributed by atoms with E-state index in [9.17, 15) is 15.0 Å². The lowest BCUT2D eigenvalue weighted by atomic mass is 9.32. The van der Waals surface area contributed by atoms with Crippen molar-refractivity contribution in [3.63, 3.8) is 0 Å². The van der Waals surface area contributed by atoms with Crippen LogP contribution in [0, 0.1) is 51.2 Å². The van der Waals surface area contributed by atoms with Gasteiger partial charge in [0.25, 0.3) is 0 Å². The number of rotatable bonds is 2. The number of allylic oxidation sites excluding steroid dienone is 1. The Morgan fingerprint density at radius 1 is 0.971 bits per heavy atom. The Kier molecular flexibility index (Phi) is 5.78. The first-order valence-electron chi connectivity index (χ1n) is 14.1. The zero-order chi connectivity index (χ0) is 25.7. The highest BCUT2D eigenvalue weighted by Gasteiger charge is 2.73. The molecular weight excluding hydrogens is 436 g/mol. The number of esters is 1. The highest BCUT2D eigenvalue weighted by Crippen LogP contribution is 2.77. The van der Waals surface area contributed by atoms with Gasteiger partial charge in [-0.25, -0.2) is 0 Å². The van der Waals surface area contributed by atoms with E-state index in [0.29, 0.717) is 24.2 Å². The summed E-state index contributed by atoms with van der Waals surface area (Å²) in [7, 11) is 0. The Morgan fingerprint density at radius 2 is 1.63 bits per heavy atom. The normalized spacial score (nSPS) is 55.3. The van der Waals surface area contributed by atoms with Crippen LogP contribution in [-0.2, 0) is 9.53 Å². The minimum Gasteiger partial charge on any atom is -0.462 e. The van der Waals surface area contributed by atoms with E-state index in [1.807, 2.05) is 0 Å². The first kappa shape index (κ1) is 25.5. The molecule has 0 radical (unpaired) electrons. The standard InChI is InChI=1S/C31H48O4/c1-17(2)20-9-12-28(5)21(20)10-14-30(7)27(28)23(34)15-25-29(6)13-11-22(33)18(3)26(29)24(35-19(4)32)16-31(25,30)8/h20-27,33-34H,1,3,9-16H2,2,4-8H3. The van der Waals surface area contributed by atoms with Crippen LogP contribution in [0.4, 0.5) is 0 Å². The van der Waals surface area contributed by atoms with Gasteiger partial charge in [0, 0.05) is 12.8 Å². The molecule has 35 heavy (non-hydrogen) atoms. The Morgan fingerprint density at radius 3 is 2.26 bits per heavy atom. The molecular formula is C31H48O4. The van der Waals surface area contributed by atoms with Crippen LogP contribution in [0.3, 0.4) is 0 Å². The second-order valence-corrected chi connectivity index (χ2v) is 14.3. The second-order valence-electron chi connectivity index (χ2n) is 14.3. The number of fused-ring (bicyclic) bond motifs is 7. The van der Waals surface area contributed by atoms with Gasteiger partial charge in [-0.2, -0.15) is 0 Å². The lowest BCUT2D eigenvalue weighted by molar-refractivity contribution is -0.276. The lowest BCUT2D eigenvalue weighted by Gasteiger charge is -2.73. The molecule has 5 rings (SSSR count). The molecule has 0 bridgehead atoms. The molecule has 196 valence electrons. The van der Waals surface area contributed by atoms with E-state index in [1.54, 1.807) is 0 Å². The third kappa shape index (κ3) is 3.20. The fourth-order valence-electron chi connectivity index (χ4n) is 11.4. The predicted molar refractivity (Wildman–Crippen MR) is 138 cm³/mol. The van der Waals surface area contributed by atoms with Gasteiger partial charge >= 0.3 is 5.97 Å². The van der Waals surface area contributed by atoms with E-state index >= 15 is 0 Å². The first-order chi connectivity index (χ1) is 16.2. The molecule has 0 aliphatic heterocycles. The summed E-state index contributed by atoms with van der Waals surface area (Å²) in [6.07, 6.45) is 6.62. The van der Waals surface area contributed by atoms with Crippen molar-refractivity contribution in [2.45, 2.75) is 111 Å². The number of aliphatic hydroxyl groups is 2. The average Bonchev–Trinajstić information content (AvgIpc) is 3.09. The van der Waals surface area contributed by atoms with Crippen molar-refractivity contribution in [1.82, 2.24) is 0 Å². The fraction of sp³-hybridized carbons (Fsp3) is 0.839. The quantitative estimate of drug-likeness (QED) is 0.369. The average molecular weight is 485 g/mol. The molecule has 0 saturated heterocycles. The van der Waals surface area contributed by atoms with Crippen molar-refractivity contribution >= 4 is 5.97 Å². The van der Waals surface area contributed by atoms with Gasteiger partial charge in [-0.1, -0.05) is 46.4 Å². The Bertz CT molecular complexity index is 940. The third-order valence-electron chi connectivity index (χ3n) is 12.9. The number of carbonyl (C=O) groups excluding carboxylic acids is 1. The molecule has 4 nitrogen and oxygen atoms in total. The summed E-state index contributed by atoms with van der Waals surface area (Å²) in [4.78, 5) is 12.3. The summed E-state index contributed by atoms with van der Waals surface area (Å²) >= 11 is 0. The van der Waals surface area contributed by atoms with Crippen LogP contribution in [0.1, 0.15) is 92.9 Å². The molecule has 0 aromatic heterocycles. The minimum atomic E-state index is -0.542. The monoisotopic (exact) mass is 484 g/mol. The molecule has 4 heteroatoms. The molecule has 5 fully saturated rings. The maximum Gasteiger partial charge on any atom is 0.302 e. The molecule has 2 N–H and O–H groups in total. The zero-order valence-corrected chi connectivity index (χ0v) is 22.9. The highest BCUT2D eigenvalue weighted by molar-refractivity contribution is 5.66.